The van der Waals surface area contributed by atoms with Gasteiger partial charge in [-0.15, -0.1) is 0 Å². The summed E-state index contributed by atoms with van der Waals surface area (Å²) in [4.78, 5) is 28.6. The second kappa shape index (κ2) is 8.41. The molecule has 2 aromatic carbocycles. The van der Waals surface area contributed by atoms with Crippen molar-refractivity contribution < 1.29 is 18.7 Å². The topological polar surface area (TPSA) is 49.9 Å². The maximum atomic E-state index is 14.4. The average Bonchev–Trinajstić information content (AvgIpc) is 2.66. The fourth-order valence-corrected chi connectivity index (χ4v) is 3.36. The van der Waals surface area contributed by atoms with Gasteiger partial charge < -0.3 is 14.5 Å². The normalized spacial score (nSPS) is 14.7. The van der Waals surface area contributed by atoms with E-state index in [1.54, 1.807) is 46.2 Å². The van der Waals surface area contributed by atoms with Crippen molar-refractivity contribution in [2.75, 3.05) is 26.2 Å². The Morgan fingerprint density at radius 3 is 2.21 bits per heavy atom. The molecule has 0 radical (unpaired) electrons. The maximum absolute atomic E-state index is 14.4. The van der Waals surface area contributed by atoms with Crippen molar-refractivity contribution in [3.05, 3.63) is 58.9 Å². The molecule has 29 heavy (non-hydrogen) atoms. The summed E-state index contributed by atoms with van der Waals surface area (Å²) in [5, 5.41) is 0.299. The van der Waals surface area contributed by atoms with Crippen LogP contribution >= 0.6 is 11.6 Å². The summed E-state index contributed by atoms with van der Waals surface area (Å²) in [6.45, 7) is 6.99. The molecule has 0 atom stereocenters. The van der Waals surface area contributed by atoms with E-state index >= 15 is 0 Å². The summed E-state index contributed by atoms with van der Waals surface area (Å²) in [5.74, 6) is -0.675. The molecule has 7 heteroatoms. The molecular weight excluding hydrogens is 395 g/mol. The van der Waals surface area contributed by atoms with Crippen LogP contribution in [-0.4, -0.2) is 53.6 Å². The molecule has 1 heterocycles. The molecule has 0 saturated carbocycles. The molecule has 0 N–H and O–H groups in total. The van der Waals surface area contributed by atoms with Gasteiger partial charge in [0.25, 0.3) is 5.91 Å². The van der Waals surface area contributed by atoms with Crippen LogP contribution in [0.1, 0.15) is 31.1 Å². The van der Waals surface area contributed by atoms with Gasteiger partial charge in [0, 0.05) is 42.3 Å². The van der Waals surface area contributed by atoms with Gasteiger partial charge in [0.05, 0.1) is 0 Å². The Morgan fingerprint density at radius 1 is 0.966 bits per heavy atom. The zero-order valence-corrected chi connectivity index (χ0v) is 17.5. The predicted octanol–water partition coefficient (Wildman–Crippen LogP) is 4.84. The summed E-state index contributed by atoms with van der Waals surface area (Å²) >= 11 is 5.85. The first-order chi connectivity index (χ1) is 13.7. The third-order valence-corrected chi connectivity index (χ3v) is 4.83. The molecule has 2 aromatic rings. The molecule has 0 aromatic heterocycles. The highest BCUT2D eigenvalue weighted by Crippen LogP contribution is 2.29. The molecule has 1 fully saturated rings. The van der Waals surface area contributed by atoms with Crippen molar-refractivity contribution in [2.24, 2.45) is 0 Å². The Kier molecular flexibility index (Phi) is 6.13. The Hall–Kier alpha value is -2.60. The van der Waals surface area contributed by atoms with E-state index in [0.717, 1.165) is 0 Å². The molecule has 0 unspecified atom stereocenters. The highest BCUT2D eigenvalue weighted by molar-refractivity contribution is 6.30. The van der Waals surface area contributed by atoms with Gasteiger partial charge in [-0.3, -0.25) is 4.79 Å². The highest BCUT2D eigenvalue weighted by Gasteiger charge is 2.29. The lowest BCUT2D eigenvalue weighted by molar-refractivity contribution is 0.0141. The second-order valence-electron chi connectivity index (χ2n) is 7.93. The highest BCUT2D eigenvalue weighted by atomic mass is 35.5. The Balaban J connectivity index is 1.75. The second-order valence-corrected chi connectivity index (χ2v) is 8.37. The van der Waals surface area contributed by atoms with Crippen molar-refractivity contribution in [1.82, 2.24) is 9.80 Å². The van der Waals surface area contributed by atoms with Crippen LogP contribution in [0.4, 0.5) is 9.18 Å². The van der Waals surface area contributed by atoms with E-state index in [-0.39, 0.29) is 12.0 Å². The smallest absolute Gasteiger partial charge is 0.410 e. The third kappa shape index (κ3) is 5.07. The molecule has 1 aliphatic rings. The monoisotopic (exact) mass is 418 g/mol. The van der Waals surface area contributed by atoms with Crippen molar-refractivity contribution in [3.63, 3.8) is 0 Å². The van der Waals surface area contributed by atoms with Gasteiger partial charge in [-0.1, -0.05) is 29.8 Å². The minimum absolute atomic E-state index is 0.196. The largest absolute Gasteiger partial charge is 0.444 e. The zero-order valence-electron chi connectivity index (χ0n) is 16.7. The van der Waals surface area contributed by atoms with Crippen LogP contribution in [0.15, 0.2) is 42.5 Å². The first-order valence-corrected chi connectivity index (χ1v) is 9.85. The van der Waals surface area contributed by atoms with E-state index in [9.17, 15) is 14.0 Å². The Morgan fingerprint density at radius 2 is 1.59 bits per heavy atom. The van der Waals surface area contributed by atoms with Gasteiger partial charge >= 0.3 is 6.09 Å². The minimum Gasteiger partial charge on any atom is -0.444 e. The van der Waals surface area contributed by atoms with Crippen LogP contribution in [0.25, 0.3) is 11.1 Å². The summed E-state index contributed by atoms with van der Waals surface area (Å²) in [6, 6.07) is 11.3. The minimum atomic E-state index is -0.564. The standard InChI is InChI=1S/C22H24ClFN2O3/c1-22(2,3)29-21(28)26-12-10-25(11-13-26)20(27)18-7-5-4-6-16(18)17-9-8-15(23)14-19(17)24/h4-9,14H,10-13H2,1-3H3. The van der Waals surface area contributed by atoms with Crippen LogP contribution in [0.3, 0.4) is 0 Å². The van der Waals surface area contributed by atoms with E-state index in [2.05, 4.69) is 0 Å². The van der Waals surface area contributed by atoms with Crippen molar-refractivity contribution in [3.8, 4) is 11.1 Å². The quantitative estimate of drug-likeness (QED) is 0.701. The Bertz CT molecular complexity index is 919. The number of carbonyl (C=O) groups is 2. The predicted molar refractivity (Wildman–Crippen MR) is 111 cm³/mol. The first kappa shape index (κ1) is 21.1. The summed E-state index contributed by atoms with van der Waals surface area (Å²) in [6.07, 6.45) is -0.381. The van der Waals surface area contributed by atoms with E-state index in [1.165, 1.54) is 6.07 Å². The van der Waals surface area contributed by atoms with Gasteiger partial charge in [0.2, 0.25) is 0 Å². The van der Waals surface area contributed by atoms with E-state index in [4.69, 9.17) is 16.3 Å². The number of nitrogens with zero attached hydrogens (tertiary/aromatic N) is 2. The van der Waals surface area contributed by atoms with Crippen LogP contribution in [0.5, 0.6) is 0 Å². The van der Waals surface area contributed by atoms with Gasteiger partial charge in [0.1, 0.15) is 11.4 Å². The molecule has 3 rings (SSSR count). The lowest BCUT2D eigenvalue weighted by Gasteiger charge is -2.35. The molecule has 2 amide bonds. The number of hydrogen-bond donors (Lipinski definition) is 0. The lowest BCUT2D eigenvalue weighted by Crippen LogP contribution is -2.51. The van der Waals surface area contributed by atoms with Gasteiger partial charge in [0.15, 0.2) is 0 Å². The van der Waals surface area contributed by atoms with Gasteiger partial charge in [-0.2, -0.15) is 0 Å². The van der Waals surface area contributed by atoms with E-state index < -0.39 is 11.4 Å². The molecule has 0 bridgehead atoms. The molecule has 1 aliphatic heterocycles. The average molecular weight is 419 g/mol. The molecule has 154 valence electrons. The molecule has 1 saturated heterocycles. The van der Waals surface area contributed by atoms with Crippen molar-refractivity contribution >= 4 is 23.6 Å². The summed E-state index contributed by atoms with van der Waals surface area (Å²) in [7, 11) is 0. The Labute approximate surface area is 175 Å². The van der Waals surface area contributed by atoms with E-state index in [0.29, 0.717) is 47.9 Å². The van der Waals surface area contributed by atoms with Crippen molar-refractivity contribution in [2.45, 2.75) is 26.4 Å². The van der Waals surface area contributed by atoms with Crippen LogP contribution < -0.4 is 0 Å². The third-order valence-electron chi connectivity index (χ3n) is 4.60. The number of piperazine rings is 1. The molecule has 0 spiro atoms. The lowest BCUT2D eigenvalue weighted by atomic mass is 9.98. The number of amides is 2. The maximum Gasteiger partial charge on any atom is 0.410 e. The number of rotatable bonds is 2. The van der Waals surface area contributed by atoms with Gasteiger partial charge in [-0.05, 0) is 50.6 Å². The fraction of sp³-hybridized carbons (Fsp3) is 0.364. The van der Waals surface area contributed by atoms with Crippen LogP contribution in [-0.2, 0) is 4.74 Å². The SMILES string of the molecule is CC(C)(C)OC(=O)N1CCN(C(=O)c2ccccc2-c2ccc(Cl)cc2F)CC1. The van der Waals surface area contributed by atoms with Gasteiger partial charge in [-0.25, -0.2) is 9.18 Å². The van der Waals surface area contributed by atoms with E-state index in [1.807, 2.05) is 20.8 Å². The zero-order chi connectivity index (χ0) is 21.2. The molecular formula is C22H24ClFN2O3. The van der Waals surface area contributed by atoms with Crippen molar-refractivity contribution in [1.29, 1.82) is 0 Å². The van der Waals surface area contributed by atoms with Crippen LogP contribution in [0.2, 0.25) is 5.02 Å². The molecule has 5 nitrogen and oxygen atoms in total. The number of halogens is 2. The first-order valence-electron chi connectivity index (χ1n) is 9.47. The summed E-state index contributed by atoms with van der Waals surface area (Å²) < 4.78 is 19.8. The number of benzene rings is 2. The summed E-state index contributed by atoms with van der Waals surface area (Å²) in [5.41, 5.74) is 0.692. The molecule has 0 aliphatic carbocycles. The number of ether oxygens (including phenoxy) is 1. The number of hydrogen-bond acceptors (Lipinski definition) is 3. The fourth-order valence-electron chi connectivity index (χ4n) is 3.20. The van der Waals surface area contributed by atoms with Crippen LogP contribution in [0, 0.1) is 5.82 Å². The number of carbonyl (C=O) groups excluding carboxylic acids is 2.